The van der Waals surface area contributed by atoms with Crippen molar-refractivity contribution in [2.45, 2.75) is 19.8 Å². The summed E-state index contributed by atoms with van der Waals surface area (Å²) in [5, 5.41) is 3.07. The molecule has 0 saturated heterocycles. The van der Waals surface area contributed by atoms with Crippen LogP contribution in [0.15, 0.2) is 18.2 Å². The van der Waals surface area contributed by atoms with Gasteiger partial charge in [0, 0.05) is 6.07 Å². The Bertz CT molecular complexity index is 302. The third kappa shape index (κ3) is 4.30. The van der Waals surface area contributed by atoms with Crippen LogP contribution in [0.4, 0.5) is 4.39 Å². The van der Waals surface area contributed by atoms with E-state index in [0.717, 1.165) is 24.9 Å². The summed E-state index contributed by atoms with van der Waals surface area (Å²) in [5.41, 5.74) is 0.977. The maximum Gasteiger partial charge on any atom is 0.126 e. The molecule has 15 heavy (non-hydrogen) atoms. The molecule has 0 bridgehead atoms. The van der Waals surface area contributed by atoms with Gasteiger partial charge in [-0.25, -0.2) is 4.39 Å². The number of rotatable bonds is 6. The second-order valence-corrected chi connectivity index (χ2v) is 3.57. The van der Waals surface area contributed by atoms with Gasteiger partial charge in [0.15, 0.2) is 0 Å². The number of halogens is 1. The van der Waals surface area contributed by atoms with Gasteiger partial charge < -0.3 is 10.1 Å². The molecule has 0 amide bonds. The van der Waals surface area contributed by atoms with E-state index in [0.29, 0.717) is 12.4 Å². The summed E-state index contributed by atoms with van der Waals surface area (Å²) < 4.78 is 18.4. The molecule has 1 aromatic rings. The zero-order valence-electron chi connectivity index (χ0n) is 9.35. The van der Waals surface area contributed by atoms with E-state index in [2.05, 4.69) is 5.32 Å². The molecule has 0 radical (unpaired) electrons. The Kier molecular flexibility index (Phi) is 5.12. The average Bonchev–Trinajstić information content (AvgIpc) is 2.23. The Hall–Kier alpha value is -1.09. The van der Waals surface area contributed by atoms with Crippen molar-refractivity contribution in [2.75, 3.05) is 20.2 Å². The van der Waals surface area contributed by atoms with E-state index in [-0.39, 0.29) is 5.82 Å². The van der Waals surface area contributed by atoms with Crippen LogP contribution in [0.25, 0.3) is 0 Å². The number of hydrogen-bond acceptors (Lipinski definition) is 2. The van der Waals surface area contributed by atoms with E-state index in [1.807, 2.05) is 14.0 Å². The topological polar surface area (TPSA) is 21.3 Å². The molecule has 1 rings (SSSR count). The summed E-state index contributed by atoms with van der Waals surface area (Å²) >= 11 is 0. The van der Waals surface area contributed by atoms with Gasteiger partial charge >= 0.3 is 0 Å². The van der Waals surface area contributed by atoms with Crippen LogP contribution in [0.2, 0.25) is 0 Å². The molecule has 0 heterocycles. The van der Waals surface area contributed by atoms with Gasteiger partial charge in [-0.2, -0.15) is 0 Å². The fraction of sp³-hybridized carbons (Fsp3) is 0.500. The molecule has 0 fully saturated rings. The highest BCUT2D eigenvalue weighted by atomic mass is 19.1. The summed E-state index contributed by atoms with van der Waals surface area (Å²) in [4.78, 5) is 0. The standard InChI is InChI=1S/C12H18FNO/c1-10-5-6-11(13)9-12(10)15-8-4-3-7-14-2/h5-6,9,14H,3-4,7-8H2,1-2H3. The monoisotopic (exact) mass is 211 g/mol. The number of aryl methyl sites for hydroxylation is 1. The lowest BCUT2D eigenvalue weighted by Gasteiger charge is -2.08. The van der Waals surface area contributed by atoms with Crippen molar-refractivity contribution in [3.05, 3.63) is 29.6 Å². The molecule has 0 aliphatic carbocycles. The molecule has 1 aromatic carbocycles. The number of nitrogens with one attached hydrogen (secondary N) is 1. The van der Waals surface area contributed by atoms with E-state index in [4.69, 9.17) is 4.74 Å². The van der Waals surface area contributed by atoms with Gasteiger partial charge in [0.05, 0.1) is 6.61 Å². The lowest BCUT2D eigenvalue weighted by Crippen LogP contribution is -2.09. The second-order valence-electron chi connectivity index (χ2n) is 3.57. The lowest BCUT2D eigenvalue weighted by atomic mass is 10.2. The number of benzene rings is 1. The fourth-order valence-electron chi connectivity index (χ4n) is 1.32. The third-order valence-corrected chi connectivity index (χ3v) is 2.23. The quantitative estimate of drug-likeness (QED) is 0.730. The highest BCUT2D eigenvalue weighted by Gasteiger charge is 2.00. The summed E-state index contributed by atoms with van der Waals surface area (Å²) in [5.74, 6) is 0.408. The minimum atomic E-state index is -0.245. The predicted octanol–water partition coefficient (Wildman–Crippen LogP) is 2.51. The van der Waals surface area contributed by atoms with E-state index < -0.39 is 0 Å². The van der Waals surface area contributed by atoms with Crippen molar-refractivity contribution in [1.29, 1.82) is 0 Å². The van der Waals surface area contributed by atoms with Crippen molar-refractivity contribution in [3.8, 4) is 5.75 Å². The maximum absolute atomic E-state index is 12.9. The summed E-state index contributed by atoms with van der Waals surface area (Å²) in [7, 11) is 1.93. The molecule has 0 aromatic heterocycles. The van der Waals surface area contributed by atoms with Crippen molar-refractivity contribution in [2.24, 2.45) is 0 Å². The fourth-order valence-corrected chi connectivity index (χ4v) is 1.32. The van der Waals surface area contributed by atoms with Crippen LogP contribution in [-0.2, 0) is 0 Å². The van der Waals surface area contributed by atoms with Crippen LogP contribution in [0.5, 0.6) is 5.75 Å². The minimum absolute atomic E-state index is 0.245. The van der Waals surface area contributed by atoms with Crippen molar-refractivity contribution < 1.29 is 9.13 Å². The average molecular weight is 211 g/mol. The molecule has 0 saturated carbocycles. The van der Waals surface area contributed by atoms with Gasteiger partial charge in [0.2, 0.25) is 0 Å². The lowest BCUT2D eigenvalue weighted by molar-refractivity contribution is 0.303. The Morgan fingerprint density at radius 2 is 2.13 bits per heavy atom. The molecule has 0 atom stereocenters. The van der Waals surface area contributed by atoms with Gasteiger partial charge in [-0.05, 0) is 45.0 Å². The maximum atomic E-state index is 12.9. The highest BCUT2D eigenvalue weighted by Crippen LogP contribution is 2.18. The Morgan fingerprint density at radius 3 is 2.87 bits per heavy atom. The van der Waals surface area contributed by atoms with E-state index >= 15 is 0 Å². The summed E-state index contributed by atoms with van der Waals surface area (Å²) in [6.45, 7) is 3.56. The molecule has 2 nitrogen and oxygen atoms in total. The molecule has 0 unspecified atom stereocenters. The molecular weight excluding hydrogens is 193 g/mol. The highest BCUT2D eigenvalue weighted by molar-refractivity contribution is 5.32. The largest absolute Gasteiger partial charge is 0.493 e. The Morgan fingerprint density at radius 1 is 1.33 bits per heavy atom. The summed E-state index contributed by atoms with van der Waals surface area (Å²) in [6, 6.07) is 4.62. The van der Waals surface area contributed by atoms with Crippen LogP contribution >= 0.6 is 0 Å². The normalized spacial score (nSPS) is 10.3. The summed E-state index contributed by atoms with van der Waals surface area (Å²) in [6.07, 6.45) is 2.06. The molecule has 0 spiro atoms. The van der Waals surface area contributed by atoms with E-state index in [9.17, 15) is 4.39 Å². The van der Waals surface area contributed by atoms with Gasteiger partial charge in [0.25, 0.3) is 0 Å². The molecule has 84 valence electrons. The van der Waals surface area contributed by atoms with Crippen LogP contribution in [0.3, 0.4) is 0 Å². The Labute approximate surface area is 90.4 Å². The first-order valence-corrected chi connectivity index (χ1v) is 5.27. The minimum Gasteiger partial charge on any atom is -0.493 e. The van der Waals surface area contributed by atoms with Gasteiger partial charge in [0.1, 0.15) is 11.6 Å². The molecule has 0 aliphatic rings. The van der Waals surface area contributed by atoms with Crippen molar-refractivity contribution in [1.82, 2.24) is 5.32 Å². The van der Waals surface area contributed by atoms with Crippen molar-refractivity contribution in [3.63, 3.8) is 0 Å². The van der Waals surface area contributed by atoms with Crippen molar-refractivity contribution >= 4 is 0 Å². The van der Waals surface area contributed by atoms with Crippen LogP contribution < -0.4 is 10.1 Å². The first-order valence-electron chi connectivity index (χ1n) is 5.27. The molecule has 1 N–H and O–H groups in total. The van der Waals surface area contributed by atoms with Gasteiger partial charge in [-0.1, -0.05) is 6.07 Å². The molecular formula is C12H18FNO. The predicted molar refractivity (Wildman–Crippen MR) is 59.8 cm³/mol. The molecule has 0 aliphatic heterocycles. The second kappa shape index (κ2) is 6.40. The number of ether oxygens (including phenoxy) is 1. The smallest absolute Gasteiger partial charge is 0.126 e. The zero-order valence-corrected chi connectivity index (χ0v) is 9.35. The zero-order chi connectivity index (χ0) is 11.1. The number of hydrogen-bond donors (Lipinski definition) is 1. The number of unbranched alkanes of at least 4 members (excludes halogenated alkanes) is 1. The molecule has 3 heteroatoms. The van der Waals surface area contributed by atoms with Gasteiger partial charge in [-0.15, -0.1) is 0 Å². The Balaban J connectivity index is 2.33. The van der Waals surface area contributed by atoms with E-state index in [1.165, 1.54) is 12.1 Å². The third-order valence-electron chi connectivity index (χ3n) is 2.23. The first kappa shape index (κ1) is 12.0. The van der Waals surface area contributed by atoms with Crippen LogP contribution in [0.1, 0.15) is 18.4 Å². The van der Waals surface area contributed by atoms with Gasteiger partial charge in [-0.3, -0.25) is 0 Å². The SMILES string of the molecule is CNCCCCOc1cc(F)ccc1C. The van der Waals surface area contributed by atoms with Crippen LogP contribution in [0, 0.1) is 12.7 Å². The first-order chi connectivity index (χ1) is 7.24. The van der Waals surface area contributed by atoms with Crippen LogP contribution in [-0.4, -0.2) is 20.2 Å². The van der Waals surface area contributed by atoms with E-state index in [1.54, 1.807) is 6.07 Å².